The van der Waals surface area contributed by atoms with Crippen LogP contribution in [0.25, 0.3) is 10.9 Å². The van der Waals surface area contributed by atoms with Crippen LogP contribution in [-0.4, -0.2) is 22.8 Å². The average molecular weight is 246 g/mol. The van der Waals surface area contributed by atoms with E-state index in [1.54, 1.807) is 0 Å². The monoisotopic (exact) mass is 246 g/mol. The van der Waals surface area contributed by atoms with Crippen LogP contribution < -0.4 is 5.73 Å². The van der Waals surface area contributed by atoms with Crippen molar-refractivity contribution < 1.29 is 5.11 Å². The molecule has 0 fully saturated rings. The highest BCUT2D eigenvalue weighted by Crippen LogP contribution is 2.26. The maximum absolute atomic E-state index is 9.15. The number of aliphatic hydroxyl groups is 1. The molecule has 1 aromatic carbocycles. The minimum Gasteiger partial charge on any atom is -0.395 e. The molecule has 3 heteroatoms. The molecule has 3 nitrogen and oxygen atoms in total. The Kier molecular flexibility index (Phi) is 4.04. The maximum atomic E-state index is 9.15. The van der Waals surface area contributed by atoms with E-state index in [1.165, 1.54) is 27.6 Å². The van der Waals surface area contributed by atoms with Gasteiger partial charge in [-0.15, -0.1) is 0 Å². The van der Waals surface area contributed by atoms with Crippen molar-refractivity contribution in [1.82, 2.24) is 4.57 Å². The van der Waals surface area contributed by atoms with E-state index < -0.39 is 0 Å². The molecule has 0 amide bonds. The highest BCUT2D eigenvalue weighted by molar-refractivity contribution is 5.85. The minimum absolute atomic E-state index is 0.174. The maximum Gasteiger partial charge on any atom is 0.0610 e. The van der Waals surface area contributed by atoms with Crippen molar-refractivity contribution in [3.05, 3.63) is 35.0 Å². The molecule has 0 saturated carbocycles. The van der Waals surface area contributed by atoms with E-state index in [2.05, 4.69) is 36.7 Å². The number of aliphatic hydroxyl groups excluding tert-OH is 1. The molecule has 0 radical (unpaired) electrons. The van der Waals surface area contributed by atoms with Gasteiger partial charge in [-0.25, -0.2) is 0 Å². The van der Waals surface area contributed by atoms with Gasteiger partial charge in [0.05, 0.1) is 6.61 Å². The fourth-order valence-electron chi connectivity index (χ4n) is 2.41. The van der Waals surface area contributed by atoms with Crippen molar-refractivity contribution in [3.63, 3.8) is 0 Å². The Morgan fingerprint density at radius 2 is 1.94 bits per heavy atom. The van der Waals surface area contributed by atoms with Crippen molar-refractivity contribution in [1.29, 1.82) is 0 Å². The Morgan fingerprint density at radius 1 is 1.22 bits per heavy atom. The third-order valence-corrected chi connectivity index (χ3v) is 3.57. The summed E-state index contributed by atoms with van der Waals surface area (Å²) in [5.74, 6) is 0. The van der Waals surface area contributed by atoms with Gasteiger partial charge in [0.25, 0.3) is 0 Å². The molecule has 2 aromatic rings. The molecular formula is C15H22N2O. The fourth-order valence-corrected chi connectivity index (χ4v) is 2.41. The van der Waals surface area contributed by atoms with Crippen LogP contribution in [-0.2, 0) is 13.0 Å². The van der Waals surface area contributed by atoms with Crippen LogP contribution in [0.3, 0.4) is 0 Å². The zero-order valence-electron chi connectivity index (χ0n) is 11.2. The lowest BCUT2D eigenvalue weighted by Crippen LogP contribution is -2.01. The van der Waals surface area contributed by atoms with Gasteiger partial charge in [0.1, 0.15) is 0 Å². The summed E-state index contributed by atoms with van der Waals surface area (Å²) in [6.45, 7) is 5.82. The number of hydrogen-bond donors (Lipinski definition) is 2. The van der Waals surface area contributed by atoms with Gasteiger partial charge in [-0.05, 0) is 62.1 Å². The van der Waals surface area contributed by atoms with E-state index in [-0.39, 0.29) is 6.61 Å². The second-order valence-electron chi connectivity index (χ2n) is 4.92. The smallest absolute Gasteiger partial charge is 0.0610 e. The van der Waals surface area contributed by atoms with Gasteiger partial charge in [0, 0.05) is 23.6 Å². The predicted octanol–water partition coefficient (Wildman–Crippen LogP) is 2.14. The zero-order chi connectivity index (χ0) is 13.1. The van der Waals surface area contributed by atoms with E-state index in [0.717, 1.165) is 19.4 Å². The average Bonchev–Trinajstić information content (AvgIpc) is 2.66. The Hall–Kier alpha value is -1.32. The quantitative estimate of drug-likeness (QED) is 0.849. The largest absolute Gasteiger partial charge is 0.395 e. The molecule has 0 aliphatic rings. The number of rotatable bonds is 5. The molecule has 2 rings (SSSR count). The Balaban J connectivity index is 2.53. The van der Waals surface area contributed by atoms with E-state index >= 15 is 0 Å². The molecule has 18 heavy (non-hydrogen) atoms. The first kappa shape index (κ1) is 13.1. The summed E-state index contributed by atoms with van der Waals surface area (Å²) in [6.07, 6.45) is 4.18. The van der Waals surface area contributed by atoms with Gasteiger partial charge < -0.3 is 15.4 Å². The number of aromatic nitrogens is 1. The van der Waals surface area contributed by atoms with Gasteiger partial charge in [-0.1, -0.05) is 0 Å². The summed E-state index contributed by atoms with van der Waals surface area (Å²) in [5, 5.41) is 10.5. The number of fused-ring (bicyclic) bond motifs is 1. The first-order valence-corrected chi connectivity index (χ1v) is 6.57. The van der Waals surface area contributed by atoms with Gasteiger partial charge in [-0.2, -0.15) is 0 Å². The standard InChI is InChI=1S/C15H22N2O/c1-11-8-14-13(4-3-5-16)10-17(6-7-18)15(14)9-12(11)2/h8-10,18H,3-7,16H2,1-2H3. The molecule has 0 unspecified atom stereocenters. The van der Waals surface area contributed by atoms with Gasteiger partial charge in [0.2, 0.25) is 0 Å². The van der Waals surface area contributed by atoms with Gasteiger partial charge >= 0.3 is 0 Å². The van der Waals surface area contributed by atoms with Crippen LogP contribution in [0.4, 0.5) is 0 Å². The van der Waals surface area contributed by atoms with E-state index in [0.29, 0.717) is 6.54 Å². The van der Waals surface area contributed by atoms with Crippen LogP contribution in [0.2, 0.25) is 0 Å². The topological polar surface area (TPSA) is 51.2 Å². The Bertz CT molecular complexity index is 543. The first-order chi connectivity index (χ1) is 8.67. The molecule has 1 heterocycles. The second-order valence-corrected chi connectivity index (χ2v) is 4.92. The Morgan fingerprint density at radius 3 is 2.61 bits per heavy atom. The number of aryl methyl sites for hydroxylation is 3. The first-order valence-electron chi connectivity index (χ1n) is 6.57. The second kappa shape index (κ2) is 5.55. The summed E-state index contributed by atoms with van der Waals surface area (Å²) < 4.78 is 2.15. The summed E-state index contributed by atoms with van der Waals surface area (Å²) in [7, 11) is 0. The molecule has 0 aliphatic heterocycles. The van der Waals surface area contributed by atoms with Crippen molar-refractivity contribution >= 4 is 10.9 Å². The number of nitrogens with two attached hydrogens (primary N) is 1. The van der Waals surface area contributed by atoms with E-state index in [9.17, 15) is 0 Å². The van der Waals surface area contributed by atoms with E-state index in [4.69, 9.17) is 10.8 Å². The summed E-state index contributed by atoms with van der Waals surface area (Å²) in [4.78, 5) is 0. The Labute approximate surface area is 108 Å². The van der Waals surface area contributed by atoms with Crippen molar-refractivity contribution in [2.24, 2.45) is 5.73 Å². The molecule has 0 spiro atoms. The van der Waals surface area contributed by atoms with E-state index in [1.807, 2.05) is 0 Å². The highest BCUT2D eigenvalue weighted by atomic mass is 16.3. The fraction of sp³-hybridized carbons (Fsp3) is 0.467. The molecule has 0 atom stereocenters. The summed E-state index contributed by atoms with van der Waals surface area (Å²) in [5.41, 5.74) is 10.8. The molecule has 98 valence electrons. The lowest BCUT2D eigenvalue weighted by atomic mass is 10.0. The molecule has 3 N–H and O–H groups in total. The molecule has 0 aliphatic carbocycles. The van der Waals surface area contributed by atoms with Crippen LogP contribution >= 0.6 is 0 Å². The van der Waals surface area contributed by atoms with Crippen molar-refractivity contribution in [2.45, 2.75) is 33.2 Å². The van der Waals surface area contributed by atoms with Gasteiger partial charge in [0.15, 0.2) is 0 Å². The van der Waals surface area contributed by atoms with Crippen LogP contribution in [0.5, 0.6) is 0 Å². The number of hydrogen-bond acceptors (Lipinski definition) is 2. The predicted molar refractivity (Wildman–Crippen MR) is 75.9 cm³/mol. The zero-order valence-corrected chi connectivity index (χ0v) is 11.2. The van der Waals surface area contributed by atoms with Crippen LogP contribution in [0, 0.1) is 13.8 Å². The third-order valence-electron chi connectivity index (χ3n) is 3.57. The normalized spacial score (nSPS) is 11.3. The number of benzene rings is 1. The lowest BCUT2D eigenvalue weighted by Gasteiger charge is -2.05. The number of nitrogens with zero attached hydrogens (tertiary/aromatic N) is 1. The minimum atomic E-state index is 0.174. The summed E-state index contributed by atoms with van der Waals surface area (Å²) in [6, 6.07) is 4.47. The lowest BCUT2D eigenvalue weighted by molar-refractivity contribution is 0.278. The molecule has 0 bridgehead atoms. The molecular weight excluding hydrogens is 224 g/mol. The SMILES string of the molecule is Cc1cc2c(CCCN)cn(CCO)c2cc1C. The molecule has 0 saturated heterocycles. The third kappa shape index (κ3) is 2.42. The van der Waals surface area contributed by atoms with Gasteiger partial charge in [-0.3, -0.25) is 0 Å². The highest BCUT2D eigenvalue weighted by Gasteiger charge is 2.09. The van der Waals surface area contributed by atoms with Crippen molar-refractivity contribution in [2.75, 3.05) is 13.2 Å². The van der Waals surface area contributed by atoms with Crippen LogP contribution in [0.15, 0.2) is 18.3 Å². The van der Waals surface area contributed by atoms with Crippen LogP contribution in [0.1, 0.15) is 23.1 Å². The van der Waals surface area contributed by atoms with Crippen molar-refractivity contribution in [3.8, 4) is 0 Å². The summed E-state index contributed by atoms with van der Waals surface area (Å²) >= 11 is 0. The molecule has 1 aromatic heterocycles.